The van der Waals surface area contributed by atoms with Crippen LogP contribution in [0.5, 0.6) is 0 Å². The van der Waals surface area contributed by atoms with Crippen molar-refractivity contribution in [1.82, 2.24) is 14.9 Å². The first-order valence-corrected chi connectivity index (χ1v) is 6.68. The summed E-state index contributed by atoms with van der Waals surface area (Å²) in [6.07, 6.45) is 3.80. The molecule has 1 heterocycles. The normalized spacial score (nSPS) is 17.2. The SMILES string of the molecule is Cc1cc(N(C)CC2(N(C)C)CCC2)nc(NN)n1. The summed E-state index contributed by atoms with van der Waals surface area (Å²) in [6.45, 7) is 2.92. The van der Waals surface area contributed by atoms with Crippen molar-refractivity contribution in [3.8, 4) is 0 Å². The van der Waals surface area contributed by atoms with Crippen LogP contribution in [0.15, 0.2) is 6.07 Å². The van der Waals surface area contributed by atoms with Crippen LogP contribution in [0.1, 0.15) is 25.0 Å². The summed E-state index contributed by atoms with van der Waals surface area (Å²) in [5.41, 5.74) is 3.71. The van der Waals surface area contributed by atoms with E-state index in [0.717, 1.165) is 18.1 Å². The highest BCUT2D eigenvalue weighted by molar-refractivity contribution is 5.44. The molecule has 6 nitrogen and oxygen atoms in total. The number of rotatable bonds is 5. The smallest absolute Gasteiger partial charge is 0.239 e. The van der Waals surface area contributed by atoms with Gasteiger partial charge in [0.1, 0.15) is 5.82 Å². The first-order valence-electron chi connectivity index (χ1n) is 6.68. The molecule has 1 aliphatic rings. The number of anilines is 2. The van der Waals surface area contributed by atoms with Crippen molar-refractivity contribution in [1.29, 1.82) is 0 Å². The molecular weight excluding hydrogens is 240 g/mol. The lowest BCUT2D eigenvalue weighted by atomic mass is 9.75. The predicted octanol–water partition coefficient (Wildman–Crippen LogP) is 0.991. The molecule has 1 saturated carbocycles. The van der Waals surface area contributed by atoms with Gasteiger partial charge in [0.2, 0.25) is 5.95 Å². The van der Waals surface area contributed by atoms with Crippen LogP contribution in [0.2, 0.25) is 0 Å². The number of hydrogen-bond acceptors (Lipinski definition) is 6. The molecule has 3 N–H and O–H groups in total. The average molecular weight is 264 g/mol. The van der Waals surface area contributed by atoms with Gasteiger partial charge in [-0.2, -0.15) is 4.98 Å². The maximum absolute atomic E-state index is 5.40. The molecule has 0 aromatic carbocycles. The van der Waals surface area contributed by atoms with E-state index in [1.165, 1.54) is 19.3 Å². The standard InChI is InChI=1S/C13H24N6/c1-10-8-11(16-12(15-10)17-14)19(4)9-13(18(2)3)6-5-7-13/h8H,5-7,9,14H2,1-4H3,(H,15,16,17). The number of nitrogens with zero attached hydrogens (tertiary/aromatic N) is 4. The minimum Gasteiger partial charge on any atom is -0.358 e. The minimum absolute atomic E-state index is 0.282. The van der Waals surface area contributed by atoms with Crippen molar-refractivity contribution in [3.63, 3.8) is 0 Å². The molecule has 0 spiro atoms. The molecule has 1 aromatic rings. The molecule has 106 valence electrons. The lowest BCUT2D eigenvalue weighted by Crippen LogP contribution is -2.56. The molecule has 0 bridgehead atoms. The lowest BCUT2D eigenvalue weighted by Gasteiger charge is -2.49. The van der Waals surface area contributed by atoms with Gasteiger partial charge >= 0.3 is 0 Å². The third-order valence-electron chi connectivity index (χ3n) is 4.13. The minimum atomic E-state index is 0.282. The highest BCUT2D eigenvalue weighted by atomic mass is 15.3. The maximum Gasteiger partial charge on any atom is 0.239 e. The van der Waals surface area contributed by atoms with E-state index in [9.17, 15) is 0 Å². The molecule has 0 aliphatic heterocycles. The first kappa shape index (κ1) is 14.0. The van der Waals surface area contributed by atoms with Crippen LogP contribution in [0, 0.1) is 6.92 Å². The topological polar surface area (TPSA) is 70.3 Å². The van der Waals surface area contributed by atoms with Crippen molar-refractivity contribution >= 4 is 11.8 Å². The fourth-order valence-corrected chi connectivity index (χ4v) is 2.67. The number of hydrazine groups is 1. The summed E-state index contributed by atoms with van der Waals surface area (Å²) >= 11 is 0. The second-order valence-corrected chi connectivity index (χ2v) is 5.66. The van der Waals surface area contributed by atoms with Gasteiger partial charge < -0.3 is 9.80 Å². The van der Waals surface area contributed by atoms with E-state index < -0.39 is 0 Å². The maximum atomic E-state index is 5.40. The molecule has 0 unspecified atom stereocenters. The van der Waals surface area contributed by atoms with E-state index >= 15 is 0 Å². The van der Waals surface area contributed by atoms with Gasteiger partial charge in [-0.25, -0.2) is 10.8 Å². The van der Waals surface area contributed by atoms with Crippen LogP contribution < -0.4 is 16.2 Å². The summed E-state index contributed by atoms with van der Waals surface area (Å²) in [5, 5.41) is 0. The molecule has 19 heavy (non-hydrogen) atoms. The van der Waals surface area contributed by atoms with Crippen molar-refractivity contribution in [2.24, 2.45) is 5.84 Å². The van der Waals surface area contributed by atoms with Crippen molar-refractivity contribution in [3.05, 3.63) is 11.8 Å². The zero-order valence-corrected chi connectivity index (χ0v) is 12.3. The summed E-state index contributed by atoms with van der Waals surface area (Å²) in [6, 6.07) is 1.99. The van der Waals surface area contributed by atoms with Crippen LogP contribution in [-0.4, -0.2) is 48.1 Å². The zero-order chi connectivity index (χ0) is 14.0. The Balaban J connectivity index is 2.15. The molecule has 0 atom stereocenters. The number of hydrogen-bond donors (Lipinski definition) is 2. The Morgan fingerprint density at radius 2 is 2.00 bits per heavy atom. The van der Waals surface area contributed by atoms with Crippen molar-refractivity contribution in [2.75, 3.05) is 38.0 Å². The van der Waals surface area contributed by atoms with E-state index in [1.807, 2.05) is 13.0 Å². The Morgan fingerprint density at radius 3 is 2.47 bits per heavy atom. The van der Waals surface area contributed by atoms with E-state index in [2.05, 4.69) is 46.3 Å². The van der Waals surface area contributed by atoms with Crippen LogP contribution in [0.4, 0.5) is 11.8 Å². The largest absolute Gasteiger partial charge is 0.358 e. The highest BCUT2D eigenvalue weighted by Gasteiger charge is 2.40. The lowest BCUT2D eigenvalue weighted by molar-refractivity contribution is 0.0682. The molecule has 1 aliphatic carbocycles. The number of nitrogen functional groups attached to an aromatic ring is 1. The predicted molar refractivity (Wildman–Crippen MR) is 78.1 cm³/mol. The van der Waals surface area contributed by atoms with Gasteiger partial charge in [-0.3, -0.25) is 5.43 Å². The number of nitrogens with one attached hydrogen (secondary N) is 1. The molecule has 6 heteroatoms. The summed E-state index contributed by atoms with van der Waals surface area (Å²) in [4.78, 5) is 13.2. The number of nitrogens with two attached hydrogens (primary N) is 1. The Bertz CT molecular complexity index is 441. The average Bonchev–Trinajstić information content (AvgIpc) is 2.32. The molecule has 0 amide bonds. The number of aromatic nitrogens is 2. The third kappa shape index (κ3) is 2.79. The van der Waals surface area contributed by atoms with Gasteiger partial charge in [0.05, 0.1) is 0 Å². The molecular formula is C13H24N6. The molecule has 1 aromatic heterocycles. The van der Waals surface area contributed by atoms with Crippen molar-refractivity contribution < 1.29 is 0 Å². The van der Waals surface area contributed by atoms with Gasteiger partial charge in [-0.15, -0.1) is 0 Å². The molecule has 0 radical (unpaired) electrons. The fraction of sp³-hybridized carbons (Fsp3) is 0.692. The molecule has 0 saturated heterocycles. The van der Waals surface area contributed by atoms with Gasteiger partial charge in [0.15, 0.2) is 0 Å². The fourth-order valence-electron chi connectivity index (χ4n) is 2.67. The van der Waals surface area contributed by atoms with E-state index in [4.69, 9.17) is 5.84 Å². The second kappa shape index (κ2) is 5.30. The Kier molecular flexibility index (Phi) is 3.91. The van der Waals surface area contributed by atoms with E-state index in [0.29, 0.717) is 5.95 Å². The second-order valence-electron chi connectivity index (χ2n) is 5.66. The van der Waals surface area contributed by atoms with Gasteiger partial charge in [-0.05, 0) is 40.3 Å². The van der Waals surface area contributed by atoms with Crippen LogP contribution in [-0.2, 0) is 0 Å². The van der Waals surface area contributed by atoms with E-state index in [-0.39, 0.29) is 5.54 Å². The van der Waals surface area contributed by atoms with Crippen LogP contribution in [0.25, 0.3) is 0 Å². The molecule has 1 fully saturated rings. The summed E-state index contributed by atoms with van der Waals surface area (Å²) in [7, 11) is 6.39. The summed E-state index contributed by atoms with van der Waals surface area (Å²) < 4.78 is 0. The third-order valence-corrected chi connectivity index (χ3v) is 4.13. The Labute approximate surface area is 115 Å². The number of likely N-dealkylation sites (N-methyl/N-ethyl adjacent to an activating group) is 2. The number of aryl methyl sites for hydroxylation is 1. The Morgan fingerprint density at radius 1 is 1.32 bits per heavy atom. The van der Waals surface area contributed by atoms with E-state index in [1.54, 1.807) is 0 Å². The van der Waals surface area contributed by atoms with Gasteiger partial charge in [-0.1, -0.05) is 0 Å². The first-order chi connectivity index (χ1) is 8.97. The monoisotopic (exact) mass is 264 g/mol. The van der Waals surface area contributed by atoms with Crippen LogP contribution in [0.3, 0.4) is 0 Å². The van der Waals surface area contributed by atoms with Crippen molar-refractivity contribution in [2.45, 2.75) is 31.7 Å². The van der Waals surface area contributed by atoms with Gasteiger partial charge in [0.25, 0.3) is 0 Å². The zero-order valence-electron chi connectivity index (χ0n) is 12.3. The van der Waals surface area contributed by atoms with Gasteiger partial charge in [0, 0.05) is 30.9 Å². The Hall–Kier alpha value is -1.40. The van der Waals surface area contributed by atoms with Crippen LogP contribution >= 0.6 is 0 Å². The quantitative estimate of drug-likeness (QED) is 0.610. The highest BCUT2D eigenvalue weighted by Crippen LogP contribution is 2.37. The summed E-state index contributed by atoms with van der Waals surface area (Å²) in [5.74, 6) is 6.78. The molecule has 2 rings (SSSR count).